The smallest absolute Gasteiger partial charge is 0.108 e. The first-order valence-electron chi connectivity index (χ1n) is 8.03. The SMILES string of the molecule is CCNC1(C#N)CCCC(N(CCOC)C(C)CC)C1. The summed E-state index contributed by atoms with van der Waals surface area (Å²) in [6, 6.07) is 3.59. The zero-order valence-electron chi connectivity index (χ0n) is 13.6. The van der Waals surface area contributed by atoms with Crippen molar-refractivity contribution in [3.05, 3.63) is 0 Å². The standard InChI is InChI=1S/C16H31N3O/c1-5-14(3)19(10-11-20-4)15-8-7-9-16(12-15,13-17)18-6-2/h14-15,18H,5-12H2,1-4H3. The van der Waals surface area contributed by atoms with E-state index in [1.807, 2.05) is 0 Å². The highest BCUT2D eigenvalue weighted by Gasteiger charge is 2.38. The van der Waals surface area contributed by atoms with Crippen LogP contribution in [0.15, 0.2) is 0 Å². The molecule has 0 aliphatic heterocycles. The maximum atomic E-state index is 9.59. The lowest BCUT2D eigenvalue weighted by molar-refractivity contribution is 0.0555. The summed E-state index contributed by atoms with van der Waals surface area (Å²) >= 11 is 0. The first-order chi connectivity index (χ1) is 9.62. The lowest BCUT2D eigenvalue weighted by Gasteiger charge is -2.44. The Morgan fingerprint density at radius 3 is 2.80 bits per heavy atom. The predicted octanol–water partition coefficient (Wildman–Crippen LogP) is 2.55. The van der Waals surface area contributed by atoms with Gasteiger partial charge in [-0.3, -0.25) is 10.2 Å². The molecule has 1 N–H and O–H groups in total. The molecule has 4 nitrogen and oxygen atoms in total. The summed E-state index contributed by atoms with van der Waals surface area (Å²) in [5.74, 6) is 0. The van der Waals surface area contributed by atoms with Crippen LogP contribution in [-0.2, 0) is 4.74 Å². The molecule has 1 aliphatic rings. The van der Waals surface area contributed by atoms with Crippen LogP contribution in [0.4, 0.5) is 0 Å². The van der Waals surface area contributed by atoms with E-state index < -0.39 is 0 Å². The summed E-state index contributed by atoms with van der Waals surface area (Å²) in [4.78, 5) is 2.55. The normalized spacial score (nSPS) is 28.3. The van der Waals surface area contributed by atoms with Gasteiger partial charge in [0, 0.05) is 25.7 Å². The molecule has 1 aliphatic carbocycles. The summed E-state index contributed by atoms with van der Waals surface area (Å²) in [6.07, 6.45) is 5.38. The summed E-state index contributed by atoms with van der Waals surface area (Å²) in [5.41, 5.74) is -0.323. The molecule has 1 fully saturated rings. The summed E-state index contributed by atoms with van der Waals surface area (Å²) in [6.45, 7) is 9.19. The van der Waals surface area contributed by atoms with E-state index in [1.165, 1.54) is 6.42 Å². The minimum atomic E-state index is -0.323. The van der Waals surface area contributed by atoms with Crippen molar-refractivity contribution in [2.24, 2.45) is 0 Å². The van der Waals surface area contributed by atoms with E-state index >= 15 is 0 Å². The van der Waals surface area contributed by atoms with Gasteiger partial charge in [0.05, 0.1) is 12.7 Å². The molecule has 1 rings (SSSR count). The van der Waals surface area contributed by atoms with Gasteiger partial charge < -0.3 is 4.74 Å². The predicted molar refractivity (Wildman–Crippen MR) is 82.6 cm³/mol. The van der Waals surface area contributed by atoms with Crippen molar-refractivity contribution in [1.82, 2.24) is 10.2 Å². The quantitative estimate of drug-likeness (QED) is 0.743. The van der Waals surface area contributed by atoms with Gasteiger partial charge in [-0.2, -0.15) is 5.26 Å². The molecule has 0 aromatic carbocycles. The van der Waals surface area contributed by atoms with Gasteiger partial charge in [-0.25, -0.2) is 0 Å². The van der Waals surface area contributed by atoms with E-state index in [1.54, 1.807) is 7.11 Å². The topological polar surface area (TPSA) is 48.3 Å². The number of nitrogens with one attached hydrogen (secondary N) is 1. The number of nitriles is 1. The molecule has 20 heavy (non-hydrogen) atoms. The van der Waals surface area contributed by atoms with Gasteiger partial charge in [-0.15, -0.1) is 0 Å². The average molecular weight is 281 g/mol. The van der Waals surface area contributed by atoms with Gasteiger partial charge in [-0.1, -0.05) is 13.8 Å². The van der Waals surface area contributed by atoms with Crippen molar-refractivity contribution in [1.29, 1.82) is 5.26 Å². The van der Waals surface area contributed by atoms with Crippen LogP contribution >= 0.6 is 0 Å². The molecule has 3 unspecified atom stereocenters. The molecule has 3 atom stereocenters. The van der Waals surface area contributed by atoms with Crippen LogP contribution < -0.4 is 5.32 Å². The molecule has 0 aromatic heterocycles. The monoisotopic (exact) mass is 281 g/mol. The second-order valence-corrected chi connectivity index (χ2v) is 5.96. The first kappa shape index (κ1) is 17.4. The maximum absolute atomic E-state index is 9.59. The summed E-state index contributed by atoms with van der Waals surface area (Å²) in [7, 11) is 1.76. The van der Waals surface area contributed by atoms with Crippen LogP contribution in [0.3, 0.4) is 0 Å². The lowest BCUT2D eigenvalue weighted by Crippen LogP contribution is -2.54. The molecule has 116 valence electrons. The minimum absolute atomic E-state index is 0.323. The number of ether oxygens (including phenoxy) is 1. The Morgan fingerprint density at radius 2 is 2.25 bits per heavy atom. The zero-order chi connectivity index (χ0) is 15.0. The van der Waals surface area contributed by atoms with Crippen LogP contribution in [0.5, 0.6) is 0 Å². The Labute approximate surface area is 124 Å². The molecule has 1 saturated carbocycles. The fourth-order valence-corrected chi connectivity index (χ4v) is 3.36. The second-order valence-electron chi connectivity index (χ2n) is 5.96. The minimum Gasteiger partial charge on any atom is -0.383 e. The number of hydrogen-bond acceptors (Lipinski definition) is 4. The van der Waals surface area contributed by atoms with Gasteiger partial charge in [0.2, 0.25) is 0 Å². The van der Waals surface area contributed by atoms with E-state index in [0.717, 1.165) is 45.4 Å². The Bertz CT molecular complexity index is 311. The third kappa shape index (κ3) is 4.44. The van der Waals surface area contributed by atoms with E-state index in [-0.39, 0.29) is 5.54 Å². The number of hydrogen-bond donors (Lipinski definition) is 1. The van der Waals surface area contributed by atoms with Crippen LogP contribution in [0.1, 0.15) is 52.9 Å². The van der Waals surface area contributed by atoms with Crippen molar-refractivity contribution < 1.29 is 4.74 Å². The lowest BCUT2D eigenvalue weighted by atomic mass is 9.79. The van der Waals surface area contributed by atoms with E-state index in [0.29, 0.717) is 12.1 Å². The zero-order valence-corrected chi connectivity index (χ0v) is 13.6. The largest absolute Gasteiger partial charge is 0.383 e. The van der Waals surface area contributed by atoms with Crippen molar-refractivity contribution >= 4 is 0 Å². The molecule has 0 saturated heterocycles. The Morgan fingerprint density at radius 1 is 1.50 bits per heavy atom. The van der Waals surface area contributed by atoms with Gasteiger partial charge >= 0.3 is 0 Å². The molecular weight excluding hydrogens is 250 g/mol. The Kier molecular flexibility index (Phi) is 7.50. The first-order valence-corrected chi connectivity index (χ1v) is 8.03. The Balaban J connectivity index is 2.77. The molecule has 0 radical (unpaired) electrons. The van der Waals surface area contributed by atoms with E-state index in [9.17, 15) is 5.26 Å². The summed E-state index contributed by atoms with van der Waals surface area (Å²) < 4.78 is 5.26. The van der Waals surface area contributed by atoms with Crippen LogP contribution in [0.25, 0.3) is 0 Å². The summed E-state index contributed by atoms with van der Waals surface area (Å²) in [5, 5.41) is 13.0. The van der Waals surface area contributed by atoms with Crippen LogP contribution in [0, 0.1) is 11.3 Å². The van der Waals surface area contributed by atoms with Crippen molar-refractivity contribution in [3.63, 3.8) is 0 Å². The third-order valence-corrected chi connectivity index (χ3v) is 4.63. The highest BCUT2D eigenvalue weighted by molar-refractivity contribution is 5.11. The van der Waals surface area contributed by atoms with Gasteiger partial charge in [0.1, 0.15) is 5.54 Å². The molecule has 0 amide bonds. The van der Waals surface area contributed by atoms with Gasteiger partial charge in [-0.05, 0) is 45.6 Å². The fraction of sp³-hybridized carbons (Fsp3) is 0.938. The van der Waals surface area contributed by atoms with Crippen molar-refractivity contribution in [2.75, 3.05) is 26.8 Å². The molecule has 4 heteroatoms. The number of methoxy groups -OCH3 is 1. The third-order valence-electron chi connectivity index (χ3n) is 4.63. The molecule has 0 heterocycles. The number of nitrogens with zero attached hydrogens (tertiary/aromatic N) is 2. The van der Waals surface area contributed by atoms with E-state index in [4.69, 9.17) is 4.74 Å². The fourth-order valence-electron chi connectivity index (χ4n) is 3.36. The molecule has 0 spiro atoms. The van der Waals surface area contributed by atoms with Crippen molar-refractivity contribution in [2.45, 2.75) is 70.5 Å². The molecule has 0 bridgehead atoms. The number of rotatable bonds is 8. The van der Waals surface area contributed by atoms with Crippen molar-refractivity contribution in [3.8, 4) is 6.07 Å². The highest BCUT2D eigenvalue weighted by atomic mass is 16.5. The van der Waals surface area contributed by atoms with Gasteiger partial charge in [0.15, 0.2) is 0 Å². The highest BCUT2D eigenvalue weighted by Crippen LogP contribution is 2.32. The molecular formula is C16H31N3O. The molecule has 0 aromatic rings. The van der Waals surface area contributed by atoms with Gasteiger partial charge in [0.25, 0.3) is 0 Å². The maximum Gasteiger partial charge on any atom is 0.108 e. The van der Waals surface area contributed by atoms with Crippen LogP contribution in [-0.4, -0.2) is 49.3 Å². The Hall–Kier alpha value is -0.630. The average Bonchev–Trinajstić information content (AvgIpc) is 2.48. The van der Waals surface area contributed by atoms with E-state index in [2.05, 4.69) is 37.1 Å². The second kappa shape index (κ2) is 8.61. The van der Waals surface area contributed by atoms with Crippen LogP contribution in [0.2, 0.25) is 0 Å².